The van der Waals surface area contributed by atoms with Gasteiger partial charge in [0.05, 0.1) is 18.5 Å². The molecule has 2 aliphatic rings. The van der Waals surface area contributed by atoms with E-state index >= 15 is 0 Å². The van der Waals surface area contributed by atoms with Gasteiger partial charge in [0.15, 0.2) is 5.16 Å². The van der Waals surface area contributed by atoms with Crippen molar-refractivity contribution in [1.29, 1.82) is 0 Å². The van der Waals surface area contributed by atoms with Gasteiger partial charge in [0, 0.05) is 62.0 Å². The van der Waals surface area contributed by atoms with Crippen molar-refractivity contribution >= 4 is 35.7 Å². The lowest BCUT2D eigenvalue weighted by Crippen LogP contribution is -2.59. The van der Waals surface area contributed by atoms with Gasteiger partial charge in [0.1, 0.15) is 17.7 Å². The van der Waals surface area contributed by atoms with Gasteiger partial charge >= 0.3 is 12.1 Å². The third kappa shape index (κ3) is 15.0. The number of imidazole rings is 1. The molecule has 1 aliphatic carbocycles. The summed E-state index contributed by atoms with van der Waals surface area (Å²) in [5, 5.41) is 24.0. The Morgan fingerprint density at radius 1 is 0.912 bits per heavy atom. The fourth-order valence-electron chi connectivity index (χ4n) is 7.31. The molecule has 4 atom stereocenters. The lowest BCUT2D eigenvalue weighted by atomic mass is 9.83. The number of H-pyrrole nitrogens is 1. The third-order valence-electron chi connectivity index (χ3n) is 10.3. The molecule has 0 spiro atoms. The van der Waals surface area contributed by atoms with E-state index in [2.05, 4.69) is 41.2 Å². The molecule has 15 nitrogen and oxygen atoms in total. The molecular formula is C41H59N9O6S. The number of aromatic amines is 1. The molecule has 0 unspecified atom stereocenters. The van der Waals surface area contributed by atoms with Crippen molar-refractivity contribution in [1.82, 2.24) is 46.1 Å². The molecule has 3 aromatic rings. The van der Waals surface area contributed by atoms with Gasteiger partial charge in [0.2, 0.25) is 11.8 Å². The van der Waals surface area contributed by atoms with Gasteiger partial charge in [-0.25, -0.2) is 24.5 Å². The number of urea groups is 1. The molecule has 5 amide bonds. The maximum atomic E-state index is 14.3. The number of aliphatic hydroxyl groups is 1. The lowest BCUT2D eigenvalue weighted by molar-refractivity contribution is -0.130. The first-order valence-electron chi connectivity index (χ1n) is 20.2. The zero-order valence-electron chi connectivity index (χ0n) is 33.3. The second-order valence-corrected chi connectivity index (χ2v) is 17.1. The molecule has 2 fully saturated rings. The molecule has 3 heterocycles. The smallest absolute Gasteiger partial charge is 0.407 e. The van der Waals surface area contributed by atoms with Crippen LogP contribution in [0.1, 0.15) is 89.8 Å². The summed E-state index contributed by atoms with van der Waals surface area (Å²) >= 11 is 1.45. The van der Waals surface area contributed by atoms with Gasteiger partial charge < -0.3 is 41.0 Å². The number of aromatic nitrogens is 4. The fraction of sp³-hybridized carbons (Fsp3) is 0.585. The Hall–Kier alpha value is -4.70. The number of nitrogens with zero attached hydrogens (tertiary/aromatic N) is 4. The Bertz CT molecular complexity index is 1680. The number of likely N-dealkylation sites (tertiary alicyclic amines) is 1. The number of aliphatic hydroxyl groups excluding tert-OH is 1. The summed E-state index contributed by atoms with van der Waals surface area (Å²) in [6.45, 7) is 6.16. The summed E-state index contributed by atoms with van der Waals surface area (Å²) in [7, 11) is 0. The number of benzene rings is 1. The first kappa shape index (κ1) is 43.4. The number of ether oxygens (including phenoxy) is 1. The Morgan fingerprint density at radius 3 is 2.26 bits per heavy atom. The van der Waals surface area contributed by atoms with Crippen molar-refractivity contribution in [3.8, 4) is 0 Å². The van der Waals surface area contributed by atoms with Crippen LogP contribution in [0, 0.1) is 5.92 Å². The zero-order chi connectivity index (χ0) is 40.6. The molecule has 2 aromatic heterocycles. The van der Waals surface area contributed by atoms with Crippen LogP contribution in [0.15, 0.2) is 66.5 Å². The third-order valence-corrected chi connectivity index (χ3v) is 11.2. The summed E-state index contributed by atoms with van der Waals surface area (Å²) < 4.78 is 5.39. The van der Waals surface area contributed by atoms with E-state index in [4.69, 9.17) is 4.74 Å². The number of amides is 5. The zero-order valence-corrected chi connectivity index (χ0v) is 34.1. The van der Waals surface area contributed by atoms with Crippen molar-refractivity contribution < 1.29 is 29.0 Å². The number of alkyl carbamates (subject to hydrolysis) is 1. The molecule has 1 saturated carbocycles. The van der Waals surface area contributed by atoms with Gasteiger partial charge in [-0.05, 0) is 64.0 Å². The molecule has 1 saturated heterocycles. The van der Waals surface area contributed by atoms with Gasteiger partial charge in [-0.3, -0.25) is 9.59 Å². The molecule has 1 aliphatic heterocycles. The van der Waals surface area contributed by atoms with Crippen LogP contribution in [-0.2, 0) is 27.2 Å². The maximum absolute atomic E-state index is 14.3. The van der Waals surface area contributed by atoms with E-state index < -0.39 is 53.8 Å². The van der Waals surface area contributed by atoms with Crippen LogP contribution in [0.5, 0.6) is 0 Å². The van der Waals surface area contributed by atoms with Crippen molar-refractivity contribution in [3.63, 3.8) is 0 Å². The minimum absolute atomic E-state index is 0.120. The van der Waals surface area contributed by atoms with Gasteiger partial charge in [0.25, 0.3) is 0 Å². The Kier molecular flexibility index (Phi) is 16.5. The monoisotopic (exact) mass is 805 g/mol. The molecule has 1 aromatic carbocycles. The lowest BCUT2D eigenvalue weighted by Gasteiger charge is -2.34. The second-order valence-electron chi connectivity index (χ2n) is 16.0. The van der Waals surface area contributed by atoms with Crippen molar-refractivity contribution in [2.45, 2.75) is 132 Å². The highest BCUT2D eigenvalue weighted by molar-refractivity contribution is 7.99. The quantitative estimate of drug-likeness (QED) is 0.0831. The highest BCUT2D eigenvalue weighted by atomic mass is 32.2. The van der Waals surface area contributed by atoms with Crippen molar-refractivity contribution in [3.05, 3.63) is 72.6 Å². The van der Waals surface area contributed by atoms with E-state index in [1.54, 1.807) is 50.3 Å². The summed E-state index contributed by atoms with van der Waals surface area (Å²) in [6, 6.07) is 8.00. The number of hydrogen-bond donors (Lipinski definition) is 6. The molecule has 5 rings (SSSR count). The average molecular weight is 806 g/mol. The number of nitrogens with one attached hydrogen (secondary N) is 5. The van der Waals surface area contributed by atoms with Crippen LogP contribution in [-0.4, -0.2) is 109 Å². The van der Waals surface area contributed by atoms with Crippen molar-refractivity contribution in [2.75, 3.05) is 18.8 Å². The Labute approximate surface area is 339 Å². The molecule has 310 valence electrons. The highest BCUT2D eigenvalue weighted by Crippen LogP contribution is 2.29. The van der Waals surface area contributed by atoms with Crippen LogP contribution in [0.25, 0.3) is 0 Å². The molecule has 57 heavy (non-hydrogen) atoms. The number of carbonyl (C=O) groups is 4. The standard InChI is InChI=1S/C41H59N9O6S/c1-41(2,3)56-40(55)46-30-15-20-50(21-16-30)39(54)49-33(24-29-13-8-5-9-14-29)36(52)48-34(25-31-26-42-27-45-31)37(53)47-32(23-28-11-6-4-7-12-28)35(51)17-22-57-38-43-18-10-19-44-38/h5,8-10,13-14,18-19,26-28,30,32-35,51H,4,6-7,11-12,15-17,20-25H2,1-3H3,(H,42,45)(H,46,55)(H,47,53)(H,48,52)(H,49,54)/t32-,33-,34-,35-/m0/s1. The topological polar surface area (TPSA) is 204 Å². The molecule has 6 N–H and O–H groups in total. The minimum atomic E-state index is -1.03. The normalized spacial score (nSPS) is 17.4. The number of piperidine rings is 1. The molecule has 0 bridgehead atoms. The Morgan fingerprint density at radius 2 is 1.60 bits per heavy atom. The van der Waals surface area contributed by atoms with Crippen molar-refractivity contribution in [2.24, 2.45) is 5.92 Å². The number of thioether (sulfide) groups is 1. The molecule has 0 radical (unpaired) electrons. The van der Waals surface area contributed by atoms with Gasteiger partial charge in [-0.2, -0.15) is 0 Å². The van der Waals surface area contributed by atoms with E-state index in [1.807, 2.05) is 30.3 Å². The first-order valence-corrected chi connectivity index (χ1v) is 21.1. The highest BCUT2D eigenvalue weighted by Gasteiger charge is 2.33. The van der Waals surface area contributed by atoms with Crippen LogP contribution >= 0.6 is 11.8 Å². The fourth-order valence-corrected chi connectivity index (χ4v) is 8.12. The maximum Gasteiger partial charge on any atom is 0.407 e. The number of carbonyl (C=O) groups excluding carboxylic acids is 4. The van der Waals surface area contributed by atoms with E-state index in [0.717, 1.165) is 31.2 Å². The summed E-state index contributed by atoms with van der Waals surface area (Å²) in [5.74, 6) is -0.0127. The number of hydrogen-bond acceptors (Lipinski definition) is 10. The largest absolute Gasteiger partial charge is 0.444 e. The van der Waals surface area contributed by atoms with E-state index in [-0.39, 0.29) is 18.9 Å². The second kappa shape index (κ2) is 21.7. The summed E-state index contributed by atoms with van der Waals surface area (Å²) in [4.78, 5) is 71.8. The van der Waals surface area contributed by atoms with Gasteiger partial charge in [-0.15, -0.1) is 0 Å². The molecule has 16 heteroatoms. The van der Waals surface area contributed by atoms with Gasteiger partial charge in [-0.1, -0.05) is 74.2 Å². The average Bonchev–Trinajstić information content (AvgIpc) is 3.71. The summed E-state index contributed by atoms with van der Waals surface area (Å²) in [6.07, 6.45) is 13.1. The SMILES string of the molecule is CC(C)(C)OC(=O)NC1CCN(C(=O)N[C@@H](Cc2ccccc2)C(=O)N[C@@H](Cc2cnc[nH]2)C(=O)N[C@@H](CC2CCCCC2)[C@@H](O)CCSc2ncccn2)CC1. The summed E-state index contributed by atoms with van der Waals surface area (Å²) in [5.41, 5.74) is 0.861. The van der Waals surface area contributed by atoms with E-state index in [0.29, 0.717) is 61.3 Å². The van der Waals surface area contributed by atoms with Crippen LogP contribution < -0.4 is 21.3 Å². The van der Waals surface area contributed by atoms with Crippen LogP contribution in [0.4, 0.5) is 9.59 Å². The van der Waals surface area contributed by atoms with E-state index in [1.165, 1.54) is 24.5 Å². The van der Waals surface area contributed by atoms with Crippen LogP contribution in [0.3, 0.4) is 0 Å². The predicted molar refractivity (Wildman–Crippen MR) is 217 cm³/mol. The first-order chi connectivity index (χ1) is 27.4. The Balaban J connectivity index is 1.26. The van der Waals surface area contributed by atoms with Crippen LogP contribution in [0.2, 0.25) is 0 Å². The van der Waals surface area contributed by atoms with E-state index in [9.17, 15) is 24.3 Å². The molecular weight excluding hydrogens is 747 g/mol. The predicted octanol–water partition coefficient (Wildman–Crippen LogP) is 4.54. The minimum Gasteiger partial charge on any atom is -0.444 e. The number of rotatable bonds is 17.